The number of nitrogens with zero attached hydrogens (tertiary/aromatic N) is 4. The van der Waals surface area contributed by atoms with Crippen LogP contribution in [-0.2, 0) is 4.79 Å². The number of hydrogen-bond acceptors (Lipinski definition) is 4. The Balaban J connectivity index is 1.76. The van der Waals surface area contributed by atoms with E-state index in [9.17, 15) is 10.1 Å². The van der Waals surface area contributed by atoms with E-state index in [-0.39, 0.29) is 5.91 Å². The van der Waals surface area contributed by atoms with Crippen LogP contribution in [0.5, 0.6) is 0 Å². The predicted octanol–water partition coefficient (Wildman–Crippen LogP) is 2.47. The largest absolute Gasteiger partial charge is 0.339 e. The molecule has 1 amide bonds. The Morgan fingerprint density at radius 2 is 2.33 bits per heavy atom. The van der Waals surface area contributed by atoms with Crippen molar-refractivity contribution in [3.63, 3.8) is 0 Å². The van der Waals surface area contributed by atoms with Crippen LogP contribution < -0.4 is 0 Å². The normalized spacial score (nSPS) is 18.1. The third-order valence-corrected chi connectivity index (χ3v) is 4.75. The first-order valence-electron chi connectivity index (χ1n) is 7.00. The molecule has 1 unspecified atom stereocenters. The minimum absolute atomic E-state index is 0.126. The lowest BCUT2D eigenvalue weighted by atomic mass is 10.2. The van der Waals surface area contributed by atoms with E-state index < -0.39 is 0 Å². The molecule has 1 atom stereocenters. The first kappa shape index (κ1) is 14.0. The van der Waals surface area contributed by atoms with Crippen molar-refractivity contribution >= 4 is 28.7 Å². The third-order valence-electron chi connectivity index (χ3n) is 3.83. The quantitative estimate of drug-likeness (QED) is 0.817. The number of aromatic nitrogens is 2. The number of amides is 1. The summed E-state index contributed by atoms with van der Waals surface area (Å²) >= 11 is 1.33. The Bertz CT molecular complexity index is 718. The van der Waals surface area contributed by atoms with Gasteiger partial charge in [-0.15, -0.1) is 0 Å². The molecular formula is C15H16N4OS. The maximum Gasteiger partial charge on any atom is 0.233 e. The summed E-state index contributed by atoms with van der Waals surface area (Å²) in [5, 5.41) is 9.87. The third kappa shape index (κ3) is 2.61. The van der Waals surface area contributed by atoms with E-state index in [1.165, 1.54) is 16.3 Å². The smallest absolute Gasteiger partial charge is 0.233 e. The van der Waals surface area contributed by atoms with Crippen molar-refractivity contribution < 1.29 is 4.79 Å². The van der Waals surface area contributed by atoms with Crippen LogP contribution in [0.4, 0.5) is 0 Å². The molecule has 5 nitrogen and oxygen atoms in total. The summed E-state index contributed by atoms with van der Waals surface area (Å²) in [6, 6.07) is 7.83. The zero-order chi connectivity index (χ0) is 14.8. The van der Waals surface area contributed by atoms with Crippen LogP contribution in [0.15, 0.2) is 29.4 Å². The van der Waals surface area contributed by atoms with Crippen molar-refractivity contribution in [2.45, 2.75) is 31.0 Å². The standard InChI is InChI=1S/C15H16N4OS/c1-11-5-4-8-18(11)14(20)9-21-15-17-12-6-2-3-7-13(12)19(15)10-16/h2-3,6-7,11H,4-5,8-9H2,1H3. The highest BCUT2D eigenvalue weighted by Crippen LogP contribution is 2.25. The number of fused-ring (bicyclic) bond motifs is 1. The number of imidazole rings is 1. The van der Waals surface area contributed by atoms with E-state index in [2.05, 4.69) is 18.1 Å². The van der Waals surface area contributed by atoms with Gasteiger partial charge in [-0.25, -0.2) is 9.55 Å². The number of hydrogen-bond donors (Lipinski definition) is 0. The zero-order valence-corrected chi connectivity index (χ0v) is 12.6. The summed E-state index contributed by atoms with van der Waals surface area (Å²) in [6.07, 6.45) is 4.28. The summed E-state index contributed by atoms with van der Waals surface area (Å²) in [4.78, 5) is 18.6. The molecule has 1 aliphatic heterocycles. The molecule has 0 aliphatic carbocycles. The van der Waals surface area contributed by atoms with E-state index in [0.717, 1.165) is 30.4 Å². The summed E-state index contributed by atoms with van der Waals surface area (Å²) in [7, 11) is 0. The summed E-state index contributed by atoms with van der Waals surface area (Å²) in [6.45, 7) is 2.93. The summed E-state index contributed by atoms with van der Waals surface area (Å²) in [5.41, 5.74) is 1.56. The number of nitriles is 1. The highest BCUT2D eigenvalue weighted by Gasteiger charge is 2.25. The predicted molar refractivity (Wildman–Crippen MR) is 81.9 cm³/mol. The summed E-state index contributed by atoms with van der Waals surface area (Å²) in [5.74, 6) is 0.455. The molecule has 3 rings (SSSR count). The highest BCUT2D eigenvalue weighted by atomic mass is 32.2. The SMILES string of the molecule is CC1CCCN1C(=O)CSc1nc2ccccc2n1C#N. The maximum atomic E-state index is 12.2. The molecule has 0 saturated carbocycles. The van der Waals surface area contributed by atoms with Crippen LogP contribution in [0.25, 0.3) is 11.0 Å². The fourth-order valence-electron chi connectivity index (χ4n) is 2.71. The number of carbonyl (C=O) groups excluding carboxylic acids is 1. The number of carbonyl (C=O) groups is 1. The molecule has 0 N–H and O–H groups in total. The molecule has 0 radical (unpaired) electrons. The first-order valence-corrected chi connectivity index (χ1v) is 7.99. The van der Waals surface area contributed by atoms with Gasteiger partial charge in [0, 0.05) is 12.6 Å². The van der Waals surface area contributed by atoms with Gasteiger partial charge in [0.25, 0.3) is 0 Å². The number of likely N-dealkylation sites (tertiary alicyclic amines) is 1. The molecule has 1 aromatic heterocycles. The summed E-state index contributed by atoms with van der Waals surface area (Å²) < 4.78 is 1.49. The van der Waals surface area contributed by atoms with Crippen molar-refractivity contribution in [3.8, 4) is 6.19 Å². The number of benzene rings is 1. The van der Waals surface area contributed by atoms with Gasteiger partial charge < -0.3 is 4.90 Å². The van der Waals surface area contributed by atoms with Crippen LogP contribution in [0, 0.1) is 11.5 Å². The first-order chi connectivity index (χ1) is 10.2. The molecule has 1 aromatic carbocycles. The fraction of sp³-hybridized carbons (Fsp3) is 0.400. The number of rotatable bonds is 3. The second kappa shape index (κ2) is 5.78. The minimum Gasteiger partial charge on any atom is -0.339 e. The van der Waals surface area contributed by atoms with Gasteiger partial charge in [0.05, 0.1) is 16.8 Å². The Morgan fingerprint density at radius 1 is 1.52 bits per heavy atom. The molecular weight excluding hydrogens is 284 g/mol. The average Bonchev–Trinajstić information content (AvgIpc) is 3.07. The van der Waals surface area contributed by atoms with Crippen LogP contribution in [0.3, 0.4) is 0 Å². The van der Waals surface area contributed by atoms with Crippen LogP contribution in [0.1, 0.15) is 19.8 Å². The molecule has 108 valence electrons. The molecule has 2 heterocycles. The zero-order valence-electron chi connectivity index (χ0n) is 11.8. The highest BCUT2D eigenvalue weighted by molar-refractivity contribution is 7.99. The molecule has 0 spiro atoms. The van der Waals surface area contributed by atoms with Gasteiger partial charge in [-0.1, -0.05) is 23.9 Å². The molecule has 1 aliphatic rings. The number of thioether (sulfide) groups is 1. The van der Waals surface area contributed by atoms with Crippen LogP contribution >= 0.6 is 11.8 Å². The Hall–Kier alpha value is -2.00. The molecule has 1 saturated heterocycles. The Labute approximate surface area is 127 Å². The Kier molecular flexibility index (Phi) is 3.84. The van der Waals surface area contributed by atoms with Gasteiger partial charge in [-0.05, 0) is 31.9 Å². The van der Waals surface area contributed by atoms with E-state index in [4.69, 9.17) is 0 Å². The lowest BCUT2D eigenvalue weighted by molar-refractivity contribution is -0.128. The van der Waals surface area contributed by atoms with Crippen LogP contribution in [0.2, 0.25) is 0 Å². The average molecular weight is 300 g/mol. The lowest BCUT2D eigenvalue weighted by Crippen LogP contribution is -2.34. The van der Waals surface area contributed by atoms with Crippen molar-refractivity contribution in [1.82, 2.24) is 14.5 Å². The molecule has 2 aromatic rings. The van der Waals surface area contributed by atoms with Gasteiger partial charge in [-0.3, -0.25) is 4.79 Å². The Morgan fingerprint density at radius 3 is 3.05 bits per heavy atom. The van der Waals surface area contributed by atoms with Crippen LogP contribution in [-0.4, -0.2) is 38.7 Å². The monoisotopic (exact) mass is 300 g/mol. The van der Waals surface area contributed by atoms with Gasteiger partial charge >= 0.3 is 0 Å². The van der Waals surface area contributed by atoms with Crippen molar-refractivity contribution in [2.24, 2.45) is 0 Å². The van der Waals surface area contributed by atoms with E-state index in [1.54, 1.807) is 0 Å². The second-order valence-electron chi connectivity index (χ2n) is 5.19. The van der Waals surface area contributed by atoms with E-state index >= 15 is 0 Å². The van der Waals surface area contributed by atoms with Crippen molar-refractivity contribution in [3.05, 3.63) is 24.3 Å². The van der Waals surface area contributed by atoms with E-state index in [1.807, 2.05) is 29.2 Å². The second-order valence-corrected chi connectivity index (χ2v) is 6.13. The van der Waals surface area contributed by atoms with Gasteiger partial charge in [0.1, 0.15) is 0 Å². The van der Waals surface area contributed by atoms with Gasteiger partial charge in [0.15, 0.2) is 11.3 Å². The fourth-order valence-corrected chi connectivity index (χ4v) is 3.56. The van der Waals surface area contributed by atoms with Gasteiger partial charge in [0.2, 0.25) is 5.91 Å². The minimum atomic E-state index is 0.126. The van der Waals surface area contributed by atoms with Crippen molar-refractivity contribution in [2.75, 3.05) is 12.3 Å². The topological polar surface area (TPSA) is 61.9 Å². The number of para-hydroxylation sites is 2. The van der Waals surface area contributed by atoms with E-state index in [0.29, 0.717) is 17.0 Å². The lowest BCUT2D eigenvalue weighted by Gasteiger charge is -2.20. The molecule has 0 bridgehead atoms. The molecule has 1 fully saturated rings. The van der Waals surface area contributed by atoms with Crippen molar-refractivity contribution in [1.29, 1.82) is 5.26 Å². The maximum absolute atomic E-state index is 12.2. The van der Waals surface area contributed by atoms with Gasteiger partial charge in [-0.2, -0.15) is 5.26 Å². The molecule has 6 heteroatoms. The molecule has 21 heavy (non-hydrogen) atoms.